The number of hydrogen-bond donors (Lipinski definition) is 0. The largest absolute Gasteiger partial charge is 0.466 e. The van der Waals surface area contributed by atoms with E-state index in [0.717, 1.165) is 0 Å². The molecule has 1 atom stereocenters. The smallest absolute Gasteiger partial charge is 0.373 e. The van der Waals surface area contributed by atoms with Gasteiger partial charge in [-0.25, -0.2) is 0 Å². The lowest BCUT2D eigenvalue weighted by Crippen LogP contribution is -2.33. The number of rotatable bonds is 4. The molecule has 0 spiro atoms. The third-order valence-corrected chi connectivity index (χ3v) is 4.69. The van der Waals surface area contributed by atoms with Crippen molar-refractivity contribution in [1.29, 1.82) is 0 Å². The molecule has 2 aromatic heterocycles. The van der Waals surface area contributed by atoms with Crippen molar-refractivity contribution in [2.75, 3.05) is 24.6 Å². The minimum atomic E-state index is -0.652. The Bertz CT molecular complexity index is 740. The quantitative estimate of drug-likeness (QED) is 0.486. The monoisotopic (exact) mass is 324 g/mol. The topological polar surface area (TPSA) is 90.0 Å². The first-order valence-electron chi connectivity index (χ1n) is 6.98. The molecular weight excluding hydrogens is 308 g/mol. The molecule has 118 valence electrons. The van der Waals surface area contributed by atoms with Crippen LogP contribution in [0.3, 0.4) is 0 Å². The van der Waals surface area contributed by atoms with E-state index in [1.54, 1.807) is 23.4 Å². The molecule has 1 aliphatic rings. The van der Waals surface area contributed by atoms with Crippen LogP contribution in [-0.2, 0) is 9.53 Å². The van der Waals surface area contributed by atoms with Crippen molar-refractivity contribution in [1.82, 2.24) is 9.38 Å². The van der Waals surface area contributed by atoms with E-state index in [-0.39, 0.29) is 11.8 Å². The number of thiazole rings is 1. The highest BCUT2D eigenvalue weighted by Gasteiger charge is 2.44. The molecule has 1 unspecified atom stereocenters. The van der Waals surface area contributed by atoms with Crippen LogP contribution in [0.5, 0.6) is 0 Å². The minimum Gasteiger partial charge on any atom is -0.466 e. The zero-order valence-corrected chi connectivity index (χ0v) is 13.1. The van der Waals surface area contributed by atoms with E-state index in [4.69, 9.17) is 4.74 Å². The second-order valence-corrected chi connectivity index (χ2v) is 6.40. The van der Waals surface area contributed by atoms with Gasteiger partial charge in [-0.05, 0) is 25.2 Å². The number of fused-ring (bicyclic) bond motifs is 1. The molecule has 0 saturated carbocycles. The molecule has 1 aliphatic heterocycles. The molecule has 2 aromatic rings. The van der Waals surface area contributed by atoms with Crippen LogP contribution in [0.4, 0.5) is 11.6 Å². The number of nitro groups is 1. The lowest BCUT2D eigenvalue weighted by atomic mass is 9.90. The lowest BCUT2D eigenvalue weighted by molar-refractivity contribution is -0.389. The van der Waals surface area contributed by atoms with Gasteiger partial charge >= 0.3 is 11.8 Å². The summed E-state index contributed by atoms with van der Waals surface area (Å²) in [6, 6.07) is 0. The average Bonchev–Trinajstić information content (AvgIpc) is 3.11. The van der Waals surface area contributed by atoms with E-state index in [2.05, 4.69) is 4.98 Å². The van der Waals surface area contributed by atoms with Crippen molar-refractivity contribution in [3.63, 3.8) is 0 Å². The number of anilines is 1. The first kappa shape index (κ1) is 14.8. The van der Waals surface area contributed by atoms with E-state index in [1.165, 1.54) is 15.7 Å². The summed E-state index contributed by atoms with van der Waals surface area (Å²) in [5.74, 6) is 0.00964. The Labute approximate surface area is 130 Å². The first-order chi connectivity index (χ1) is 10.5. The Hall–Kier alpha value is -2.16. The highest BCUT2D eigenvalue weighted by atomic mass is 32.1. The fraction of sp³-hybridized carbons (Fsp3) is 0.538. The van der Waals surface area contributed by atoms with Crippen molar-refractivity contribution < 1.29 is 14.5 Å². The average molecular weight is 324 g/mol. The number of aromatic nitrogens is 2. The summed E-state index contributed by atoms with van der Waals surface area (Å²) in [4.78, 5) is 29.8. The van der Waals surface area contributed by atoms with Crippen molar-refractivity contribution in [2.24, 2.45) is 5.41 Å². The lowest BCUT2D eigenvalue weighted by Gasteiger charge is -2.22. The molecule has 8 nitrogen and oxygen atoms in total. The maximum absolute atomic E-state index is 12.1. The number of carbonyl (C=O) groups is 1. The van der Waals surface area contributed by atoms with Gasteiger partial charge in [-0.15, -0.1) is 0 Å². The normalized spacial score (nSPS) is 21.5. The summed E-state index contributed by atoms with van der Waals surface area (Å²) in [6.07, 6.45) is 2.23. The van der Waals surface area contributed by atoms with E-state index in [9.17, 15) is 14.9 Å². The first-order valence-corrected chi connectivity index (χ1v) is 7.86. The Morgan fingerprint density at radius 2 is 2.41 bits per heavy atom. The van der Waals surface area contributed by atoms with Crippen molar-refractivity contribution in [3.05, 3.63) is 21.7 Å². The van der Waals surface area contributed by atoms with Gasteiger partial charge in [0.1, 0.15) is 6.20 Å². The van der Waals surface area contributed by atoms with E-state index in [1.807, 2.05) is 6.92 Å². The second-order valence-electron chi connectivity index (χ2n) is 5.52. The third-order valence-electron chi connectivity index (χ3n) is 3.93. The standard InChI is InChI=1S/C13H16N4O4S/c1-3-21-11(18)13(2)4-5-15(8-13)9-10(17(19)20)16-6-7-22-12(16)14-9/h6-7H,3-5,8H2,1-2H3. The van der Waals surface area contributed by atoms with Crippen LogP contribution in [0.15, 0.2) is 11.6 Å². The predicted octanol–water partition coefficient (Wildman–Crippen LogP) is 2.08. The second kappa shape index (κ2) is 5.24. The number of hydrogen-bond acceptors (Lipinski definition) is 7. The fourth-order valence-electron chi connectivity index (χ4n) is 2.76. The summed E-state index contributed by atoms with van der Waals surface area (Å²) < 4.78 is 6.58. The minimum absolute atomic E-state index is 0.0515. The van der Waals surface area contributed by atoms with Gasteiger partial charge in [0.2, 0.25) is 5.82 Å². The molecule has 0 bridgehead atoms. The predicted molar refractivity (Wildman–Crippen MR) is 81.3 cm³/mol. The van der Waals surface area contributed by atoms with Crippen LogP contribution in [0.25, 0.3) is 4.96 Å². The number of carbonyl (C=O) groups excluding carboxylic acids is 1. The fourth-order valence-corrected chi connectivity index (χ4v) is 3.46. The van der Waals surface area contributed by atoms with Gasteiger partial charge in [0.15, 0.2) is 0 Å². The maximum Gasteiger partial charge on any atom is 0.373 e. The highest BCUT2D eigenvalue weighted by molar-refractivity contribution is 7.15. The molecule has 0 aromatic carbocycles. The zero-order valence-electron chi connectivity index (χ0n) is 12.3. The van der Waals surface area contributed by atoms with Gasteiger partial charge in [-0.3, -0.25) is 4.79 Å². The Balaban J connectivity index is 1.93. The summed E-state index contributed by atoms with van der Waals surface area (Å²) in [7, 11) is 0. The van der Waals surface area contributed by atoms with Gasteiger partial charge in [0.25, 0.3) is 4.96 Å². The Kier molecular flexibility index (Phi) is 3.51. The summed E-state index contributed by atoms with van der Waals surface area (Å²) >= 11 is 1.34. The van der Waals surface area contributed by atoms with Crippen LogP contribution in [-0.4, -0.2) is 40.0 Å². The maximum atomic E-state index is 12.1. The Morgan fingerprint density at radius 3 is 3.09 bits per heavy atom. The van der Waals surface area contributed by atoms with Crippen molar-refractivity contribution in [3.8, 4) is 0 Å². The third kappa shape index (κ3) is 2.21. The highest BCUT2D eigenvalue weighted by Crippen LogP contribution is 2.38. The van der Waals surface area contributed by atoms with E-state index in [0.29, 0.717) is 36.9 Å². The molecule has 9 heteroatoms. The molecule has 1 fully saturated rings. The molecule has 22 heavy (non-hydrogen) atoms. The van der Waals surface area contributed by atoms with Crippen LogP contribution < -0.4 is 4.90 Å². The van der Waals surface area contributed by atoms with Gasteiger partial charge < -0.3 is 19.8 Å². The number of imidazole rings is 1. The van der Waals surface area contributed by atoms with Crippen LogP contribution in [0.2, 0.25) is 0 Å². The summed E-state index contributed by atoms with van der Waals surface area (Å²) in [5, 5.41) is 13.1. The number of esters is 1. The molecule has 0 amide bonds. The van der Waals surface area contributed by atoms with Gasteiger partial charge in [0, 0.05) is 18.5 Å². The zero-order chi connectivity index (χ0) is 15.9. The van der Waals surface area contributed by atoms with E-state index < -0.39 is 10.3 Å². The molecular formula is C13H16N4O4S. The van der Waals surface area contributed by atoms with Crippen molar-refractivity contribution in [2.45, 2.75) is 20.3 Å². The van der Waals surface area contributed by atoms with Crippen LogP contribution in [0, 0.1) is 15.5 Å². The Morgan fingerprint density at radius 1 is 1.64 bits per heavy atom. The SMILES string of the molecule is CCOC(=O)C1(C)CCN(c2nc3sccn3c2[N+](=O)[O-])C1. The van der Waals surface area contributed by atoms with Gasteiger partial charge in [-0.2, -0.15) is 9.38 Å². The van der Waals surface area contributed by atoms with Crippen molar-refractivity contribution >= 4 is 33.9 Å². The van der Waals surface area contributed by atoms with E-state index >= 15 is 0 Å². The van der Waals surface area contributed by atoms with Gasteiger partial charge in [-0.1, -0.05) is 11.3 Å². The molecule has 0 aliphatic carbocycles. The van der Waals surface area contributed by atoms with Crippen LogP contribution >= 0.6 is 11.3 Å². The number of ether oxygens (including phenoxy) is 1. The summed E-state index contributed by atoms with van der Waals surface area (Å²) in [5.41, 5.74) is -0.652. The molecule has 3 rings (SSSR count). The molecule has 1 saturated heterocycles. The van der Waals surface area contributed by atoms with Gasteiger partial charge in [0.05, 0.1) is 12.0 Å². The summed E-state index contributed by atoms with van der Waals surface area (Å²) in [6.45, 7) is 4.84. The molecule has 0 N–H and O–H groups in total. The molecule has 3 heterocycles. The number of nitrogens with zero attached hydrogens (tertiary/aromatic N) is 4. The van der Waals surface area contributed by atoms with Crippen LogP contribution in [0.1, 0.15) is 20.3 Å². The molecule has 0 radical (unpaired) electrons.